The third kappa shape index (κ3) is 55.6. The van der Waals surface area contributed by atoms with Crippen molar-refractivity contribution >= 4 is 7.82 Å². The average Bonchev–Trinajstić information content (AvgIpc) is 0.722. The van der Waals surface area contributed by atoms with Gasteiger partial charge in [-0.25, -0.2) is 0 Å². The van der Waals surface area contributed by atoms with E-state index >= 15 is 0 Å². The first-order valence-electron chi connectivity index (χ1n) is 0.730. The minimum atomic E-state index is -5.39. The van der Waals surface area contributed by atoms with Crippen LogP contribution in [0.5, 0.6) is 0 Å². The first kappa shape index (κ1) is 16.3. The molecule has 4 nitrogen and oxygen atoms in total. The monoisotopic (exact) mass is 324 g/mol. The Morgan fingerprint density at radius 1 is 1.14 bits per heavy atom. The van der Waals surface area contributed by atoms with E-state index in [-0.39, 0.29) is 74.5 Å². The molecular weight excluding hydrogens is 324 g/mol. The van der Waals surface area contributed by atoms with E-state index in [1.54, 1.807) is 0 Å². The number of hydrogen-bond donors (Lipinski definition) is 0. The molecule has 7 heavy (non-hydrogen) atoms. The predicted octanol–water partition coefficient (Wildman–Crippen LogP) is -2.83. The van der Waals surface area contributed by atoms with Crippen molar-refractivity contribution in [3.63, 3.8) is 0 Å². The van der Waals surface area contributed by atoms with Crippen molar-refractivity contribution in [2.75, 3.05) is 0 Å². The topological polar surface area (TPSA) is 86.2 Å². The van der Waals surface area contributed by atoms with Crippen LogP contribution in [0.15, 0.2) is 0 Å². The largest absolute Gasteiger partial charge is 3.00 e. The molecule has 0 aliphatic rings. The molecular formula is CeO4PY. The molecule has 0 spiro atoms. The van der Waals surface area contributed by atoms with E-state index in [1.807, 2.05) is 0 Å². The number of rotatable bonds is 0. The molecule has 0 N–H and O–H groups in total. The van der Waals surface area contributed by atoms with Crippen LogP contribution in [0.4, 0.5) is 0 Å². The molecule has 2 radical (unpaired) electrons. The maximum absolute atomic E-state index is 8.55. The van der Waals surface area contributed by atoms with Crippen LogP contribution in [0.3, 0.4) is 0 Å². The first-order valence-corrected chi connectivity index (χ1v) is 2.19. The summed E-state index contributed by atoms with van der Waals surface area (Å²) in [5.74, 6) is 0. The normalized spacial score (nSPS) is 8.43. The predicted molar refractivity (Wildman–Crippen MR) is 7.61 cm³/mol. The maximum atomic E-state index is 8.55. The summed E-state index contributed by atoms with van der Waals surface area (Å²) in [5.41, 5.74) is 0. The van der Waals surface area contributed by atoms with Gasteiger partial charge in [0.05, 0.1) is 0 Å². The van der Waals surface area contributed by atoms with E-state index in [0.29, 0.717) is 0 Å². The van der Waals surface area contributed by atoms with Gasteiger partial charge in [0.25, 0.3) is 0 Å². The molecule has 0 unspecified atom stereocenters. The fourth-order valence-electron chi connectivity index (χ4n) is 0. The molecule has 0 rings (SSSR count). The van der Waals surface area contributed by atoms with E-state index in [0.717, 1.165) is 0 Å². The molecule has 36 valence electrons. The van der Waals surface area contributed by atoms with Crippen molar-refractivity contribution in [3.8, 4) is 0 Å². The minimum Gasteiger partial charge on any atom is -0.822 e. The second-order valence-corrected chi connectivity index (χ2v) is 1.34. The maximum Gasteiger partial charge on any atom is 3.00 e. The van der Waals surface area contributed by atoms with E-state index < -0.39 is 7.82 Å². The van der Waals surface area contributed by atoms with Gasteiger partial charge < -0.3 is 19.2 Å². The standard InChI is InChI=1S/Ce.H3O4P.Y/c;1-5(2,3)4;/h;(H3,1,2,3,4);/q+3;;/p-3. The Morgan fingerprint density at radius 3 is 1.14 bits per heavy atom. The van der Waals surface area contributed by atoms with E-state index in [2.05, 4.69) is 0 Å². The summed E-state index contributed by atoms with van der Waals surface area (Å²) in [7, 11) is -5.39. The van der Waals surface area contributed by atoms with Crippen LogP contribution < -0.4 is 14.7 Å². The molecule has 0 fully saturated rings. The summed E-state index contributed by atoms with van der Waals surface area (Å²) in [6, 6.07) is 0. The Balaban J connectivity index is -0.0000000800. The molecule has 0 saturated carbocycles. The Kier molecular flexibility index (Phi) is 15.6. The van der Waals surface area contributed by atoms with E-state index in [9.17, 15) is 0 Å². The Hall–Kier alpha value is 2.59. The summed E-state index contributed by atoms with van der Waals surface area (Å²) >= 11 is 0. The van der Waals surface area contributed by atoms with Crippen molar-refractivity contribution in [2.24, 2.45) is 0 Å². The zero-order valence-corrected chi connectivity index (χ0v) is 10.0. The van der Waals surface area contributed by atoms with Crippen molar-refractivity contribution in [2.45, 2.75) is 0 Å². The van der Waals surface area contributed by atoms with Gasteiger partial charge in [0.1, 0.15) is 0 Å². The molecule has 0 amide bonds. The zero-order valence-electron chi connectivity index (χ0n) is 3.16. The van der Waals surface area contributed by atoms with Gasteiger partial charge in [-0.1, -0.05) is 0 Å². The summed E-state index contributed by atoms with van der Waals surface area (Å²) in [6.07, 6.45) is 0. The van der Waals surface area contributed by atoms with Gasteiger partial charge in [0.2, 0.25) is 0 Å². The van der Waals surface area contributed by atoms with Gasteiger partial charge in [-0.15, -0.1) is 0 Å². The summed E-state index contributed by atoms with van der Waals surface area (Å²) < 4.78 is 8.55. The molecule has 0 saturated heterocycles. The molecule has 7 heteroatoms. The van der Waals surface area contributed by atoms with Crippen molar-refractivity contribution in [1.82, 2.24) is 0 Å². The quantitative estimate of drug-likeness (QED) is 0.450. The van der Waals surface area contributed by atoms with Gasteiger partial charge in [-0.05, 0) is 0 Å². The van der Waals surface area contributed by atoms with Crippen molar-refractivity contribution in [3.05, 3.63) is 0 Å². The molecule has 0 aliphatic carbocycles. The van der Waals surface area contributed by atoms with Crippen LogP contribution in [0.25, 0.3) is 0 Å². The molecule has 0 atom stereocenters. The molecule has 0 aromatic heterocycles. The van der Waals surface area contributed by atoms with Gasteiger partial charge in [0, 0.05) is 32.7 Å². The van der Waals surface area contributed by atoms with Gasteiger partial charge in [0.15, 0.2) is 0 Å². The molecule has 0 aromatic carbocycles. The molecule has 0 heterocycles. The molecule has 0 aliphatic heterocycles. The second-order valence-electron chi connectivity index (χ2n) is 0.447. The van der Waals surface area contributed by atoms with E-state index in [1.165, 1.54) is 0 Å². The Bertz CT molecular complexity index is 57.8. The van der Waals surface area contributed by atoms with Gasteiger partial charge >= 0.3 is 41.7 Å². The van der Waals surface area contributed by atoms with Crippen LogP contribution in [0.2, 0.25) is 0 Å². The third-order valence-corrected chi connectivity index (χ3v) is 0. The van der Waals surface area contributed by atoms with Crippen LogP contribution >= 0.6 is 7.82 Å². The zero-order chi connectivity index (χ0) is 4.50. The molecule has 0 aromatic rings. The summed E-state index contributed by atoms with van der Waals surface area (Å²) in [4.78, 5) is 25.6. The fourth-order valence-corrected chi connectivity index (χ4v) is 0. The fraction of sp³-hybridized carbons (Fsp3) is 0. The third-order valence-electron chi connectivity index (χ3n) is 0. The second kappa shape index (κ2) is 6.71. The summed E-state index contributed by atoms with van der Waals surface area (Å²) in [6.45, 7) is 0. The molecule has 0 bridgehead atoms. The summed E-state index contributed by atoms with van der Waals surface area (Å²) in [5, 5.41) is 0. The SMILES string of the molecule is O=P([O-])([O-])[O-].[Ce+3].[Y]. The van der Waals surface area contributed by atoms with Crippen LogP contribution in [0, 0.1) is 41.7 Å². The van der Waals surface area contributed by atoms with Crippen LogP contribution in [0.1, 0.15) is 0 Å². The number of hydrogen-bond acceptors (Lipinski definition) is 4. The van der Waals surface area contributed by atoms with Gasteiger partial charge in [-0.3, -0.25) is 0 Å². The average molecular weight is 324 g/mol. The first-order chi connectivity index (χ1) is 2.00. The smallest absolute Gasteiger partial charge is 0.822 e. The van der Waals surface area contributed by atoms with Crippen molar-refractivity contribution < 1.29 is 93.7 Å². The van der Waals surface area contributed by atoms with Crippen molar-refractivity contribution in [1.29, 1.82) is 0 Å². The minimum absolute atomic E-state index is 0. The number of phosphoric acid groups is 1. The Morgan fingerprint density at radius 2 is 1.14 bits per heavy atom. The van der Waals surface area contributed by atoms with Crippen LogP contribution in [-0.4, -0.2) is 0 Å². The van der Waals surface area contributed by atoms with Crippen LogP contribution in [-0.2, 0) is 37.3 Å². The van der Waals surface area contributed by atoms with Gasteiger partial charge in [-0.2, -0.15) is 7.82 Å². The van der Waals surface area contributed by atoms with E-state index in [4.69, 9.17) is 19.2 Å². The Labute approximate surface area is 99.6 Å².